The molecule has 3 heteroatoms. The van der Waals surface area contributed by atoms with E-state index in [0.717, 1.165) is 12.5 Å². The average molecular weight is 334 g/mol. The van der Waals surface area contributed by atoms with Crippen LogP contribution in [0, 0.1) is 5.92 Å². The van der Waals surface area contributed by atoms with Gasteiger partial charge in [-0.15, -0.1) is 11.6 Å². The summed E-state index contributed by atoms with van der Waals surface area (Å²) >= 11 is 5.53. The molecular weight excluding hydrogens is 294 g/mol. The first-order chi connectivity index (χ1) is 10.7. The van der Waals surface area contributed by atoms with Gasteiger partial charge in [-0.25, -0.2) is 0 Å². The Morgan fingerprint density at radius 3 is 1.82 bits per heavy atom. The summed E-state index contributed by atoms with van der Waals surface area (Å²) in [6, 6.07) is 0. The van der Waals surface area contributed by atoms with Crippen LogP contribution in [0.4, 0.5) is 0 Å². The maximum absolute atomic E-state index is 9.28. The van der Waals surface area contributed by atoms with E-state index in [-0.39, 0.29) is 0 Å². The number of halogens is 1. The molecule has 0 radical (unpaired) electrons. The zero-order valence-electron chi connectivity index (χ0n) is 15.1. The average Bonchev–Trinajstić information content (AvgIpc) is 2.55. The predicted octanol–water partition coefficient (Wildman–Crippen LogP) is 5.51. The first-order valence-electron chi connectivity index (χ1n) is 9.69. The van der Waals surface area contributed by atoms with Crippen LogP contribution in [0.3, 0.4) is 0 Å². The van der Waals surface area contributed by atoms with Crippen LogP contribution >= 0.6 is 11.6 Å². The van der Waals surface area contributed by atoms with Crippen molar-refractivity contribution in [1.29, 1.82) is 0 Å². The first kappa shape index (κ1) is 22.2. The fraction of sp³-hybridized carbons (Fsp3) is 1.00. The molecule has 1 atom stereocenters. The van der Waals surface area contributed by atoms with Crippen molar-refractivity contribution in [2.75, 3.05) is 19.0 Å². The van der Waals surface area contributed by atoms with Crippen molar-refractivity contribution >= 4 is 11.6 Å². The third-order valence-electron chi connectivity index (χ3n) is 4.68. The number of aliphatic hydroxyl groups is 1. The van der Waals surface area contributed by atoms with Gasteiger partial charge in [-0.3, -0.25) is 0 Å². The lowest BCUT2D eigenvalue weighted by atomic mass is 9.95. The van der Waals surface area contributed by atoms with Crippen molar-refractivity contribution in [3.8, 4) is 0 Å². The molecule has 22 heavy (non-hydrogen) atoms. The molecule has 0 aliphatic carbocycles. The van der Waals surface area contributed by atoms with Crippen LogP contribution < -0.4 is 5.32 Å². The van der Waals surface area contributed by atoms with Crippen molar-refractivity contribution in [3.05, 3.63) is 0 Å². The Bertz CT molecular complexity index is 210. The van der Waals surface area contributed by atoms with Gasteiger partial charge in [0.15, 0.2) is 0 Å². The van der Waals surface area contributed by atoms with Crippen molar-refractivity contribution in [3.63, 3.8) is 0 Å². The van der Waals surface area contributed by atoms with E-state index >= 15 is 0 Å². The highest BCUT2D eigenvalue weighted by molar-refractivity contribution is 6.18. The third-order valence-corrected chi connectivity index (χ3v) is 5.03. The number of hydrogen-bond donors (Lipinski definition) is 2. The Morgan fingerprint density at radius 2 is 1.32 bits per heavy atom. The number of hydrogen-bond acceptors (Lipinski definition) is 2. The molecule has 0 fully saturated rings. The second kappa shape index (κ2) is 17.6. The summed E-state index contributed by atoms with van der Waals surface area (Å²) in [5, 5.41) is 12.5. The second-order valence-electron chi connectivity index (χ2n) is 6.67. The quantitative estimate of drug-likeness (QED) is 0.271. The van der Waals surface area contributed by atoms with Crippen molar-refractivity contribution in [2.45, 2.75) is 97.0 Å². The van der Waals surface area contributed by atoms with E-state index in [2.05, 4.69) is 19.2 Å². The molecule has 0 spiro atoms. The lowest BCUT2D eigenvalue weighted by Gasteiger charge is -2.11. The summed E-state index contributed by atoms with van der Waals surface area (Å²) in [6.45, 7) is 6.28. The van der Waals surface area contributed by atoms with Crippen LogP contribution in [-0.4, -0.2) is 30.2 Å². The Labute approximate surface area is 144 Å². The molecule has 0 bridgehead atoms. The molecule has 0 heterocycles. The largest absolute Gasteiger partial charge is 0.391 e. The maximum atomic E-state index is 9.28. The molecule has 0 aromatic carbocycles. The van der Waals surface area contributed by atoms with Gasteiger partial charge in [0.25, 0.3) is 0 Å². The van der Waals surface area contributed by atoms with Crippen LogP contribution in [0.2, 0.25) is 0 Å². The molecule has 0 saturated carbocycles. The molecule has 0 aromatic rings. The van der Waals surface area contributed by atoms with Crippen LogP contribution in [0.1, 0.15) is 90.9 Å². The van der Waals surface area contributed by atoms with Crippen molar-refractivity contribution in [1.82, 2.24) is 5.32 Å². The van der Waals surface area contributed by atoms with Gasteiger partial charge in [-0.05, 0) is 18.9 Å². The Kier molecular flexibility index (Phi) is 17.7. The Hall–Kier alpha value is 0.210. The summed E-state index contributed by atoms with van der Waals surface area (Å²) < 4.78 is 0. The third kappa shape index (κ3) is 15.1. The highest BCUT2D eigenvalue weighted by atomic mass is 35.5. The number of rotatable bonds is 17. The van der Waals surface area contributed by atoms with Crippen LogP contribution in [-0.2, 0) is 0 Å². The molecule has 0 amide bonds. The highest BCUT2D eigenvalue weighted by Gasteiger charge is 2.02. The minimum atomic E-state index is -0.397. The molecule has 0 aliphatic heterocycles. The van der Waals surface area contributed by atoms with Crippen LogP contribution in [0.5, 0.6) is 0 Å². The number of aliphatic hydroxyl groups excluding tert-OH is 1. The molecule has 0 saturated heterocycles. The summed E-state index contributed by atoms with van der Waals surface area (Å²) in [6.07, 6.45) is 16.1. The maximum Gasteiger partial charge on any atom is 0.0799 e. The second-order valence-corrected chi connectivity index (χ2v) is 6.97. The van der Waals surface area contributed by atoms with Crippen molar-refractivity contribution in [2.24, 2.45) is 5.92 Å². The number of alkyl halides is 1. The van der Waals surface area contributed by atoms with Gasteiger partial charge in [-0.1, -0.05) is 84.5 Å². The van der Waals surface area contributed by atoms with Gasteiger partial charge >= 0.3 is 0 Å². The molecule has 0 rings (SSSR count). The van der Waals surface area contributed by atoms with E-state index in [1.807, 2.05) is 0 Å². The van der Waals surface area contributed by atoms with Gasteiger partial charge in [0.2, 0.25) is 0 Å². The molecule has 2 nitrogen and oxygen atoms in total. The minimum Gasteiger partial charge on any atom is -0.391 e. The minimum absolute atomic E-state index is 0.324. The summed E-state index contributed by atoms with van der Waals surface area (Å²) in [5.74, 6) is 1.30. The fourth-order valence-corrected chi connectivity index (χ4v) is 3.05. The van der Waals surface area contributed by atoms with E-state index in [9.17, 15) is 5.11 Å². The molecular formula is C19H40ClNO. The lowest BCUT2D eigenvalue weighted by molar-refractivity contribution is 0.194. The molecule has 0 aromatic heterocycles. The SMILES string of the molecule is CCC(CC)CCCCCCCCCCCNCC(O)CCl. The highest BCUT2D eigenvalue weighted by Crippen LogP contribution is 2.18. The Morgan fingerprint density at radius 1 is 0.818 bits per heavy atom. The standard InChI is InChI=1S/C19H40ClNO/c1-3-18(4-2)14-12-10-8-6-5-7-9-11-13-15-21-17-19(22)16-20/h18-19,21-22H,3-17H2,1-2H3. The zero-order chi connectivity index (χ0) is 16.5. The summed E-state index contributed by atoms with van der Waals surface area (Å²) in [5.41, 5.74) is 0. The van der Waals surface area contributed by atoms with Gasteiger partial charge in [0.1, 0.15) is 0 Å². The first-order valence-corrected chi connectivity index (χ1v) is 10.2. The summed E-state index contributed by atoms with van der Waals surface area (Å²) in [4.78, 5) is 0. The smallest absolute Gasteiger partial charge is 0.0799 e. The summed E-state index contributed by atoms with van der Waals surface area (Å²) in [7, 11) is 0. The molecule has 2 N–H and O–H groups in total. The lowest BCUT2D eigenvalue weighted by Crippen LogP contribution is -2.28. The zero-order valence-corrected chi connectivity index (χ0v) is 15.8. The number of unbranched alkanes of at least 4 members (excludes halogenated alkanes) is 8. The van der Waals surface area contributed by atoms with Gasteiger partial charge < -0.3 is 10.4 Å². The van der Waals surface area contributed by atoms with Gasteiger partial charge in [-0.2, -0.15) is 0 Å². The van der Waals surface area contributed by atoms with E-state index in [4.69, 9.17) is 11.6 Å². The van der Waals surface area contributed by atoms with E-state index in [1.165, 1.54) is 77.0 Å². The van der Waals surface area contributed by atoms with Gasteiger partial charge in [0.05, 0.1) is 6.10 Å². The van der Waals surface area contributed by atoms with Gasteiger partial charge in [0, 0.05) is 12.4 Å². The monoisotopic (exact) mass is 333 g/mol. The topological polar surface area (TPSA) is 32.3 Å². The van der Waals surface area contributed by atoms with E-state index in [0.29, 0.717) is 12.4 Å². The molecule has 134 valence electrons. The Balaban J connectivity index is 3.08. The number of nitrogens with one attached hydrogen (secondary N) is 1. The fourth-order valence-electron chi connectivity index (χ4n) is 2.94. The normalized spacial score (nSPS) is 13.0. The van der Waals surface area contributed by atoms with Crippen LogP contribution in [0.25, 0.3) is 0 Å². The van der Waals surface area contributed by atoms with E-state index in [1.54, 1.807) is 0 Å². The molecule has 1 unspecified atom stereocenters. The van der Waals surface area contributed by atoms with Crippen LogP contribution in [0.15, 0.2) is 0 Å². The molecule has 0 aliphatic rings. The van der Waals surface area contributed by atoms with E-state index < -0.39 is 6.10 Å². The van der Waals surface area contributed by atoms with Crippen molar-refractivity contribution < 1.29 is 5.11 Å². The predicted molar refractivity (Wildman–Crippen MR) is 99.8 cm³/mol.